The predicted octanol–water partition coefficient (Wildman–Crippen LogP) is 2.92. The maximum atomic E-state index is 11.4. The summed E-state index contributed by atoms with van der Waals surface area (Å²) in [5.41, 5.74) is 2.27. The first-order valence-electron chi connectivity index (χ1n) is 7.72. The number of methoxy groups -OCH3 is 1. The Morgan fingerprint density at radius 3 is 2.52 bits per heavy atom. The van der Waals surface area contributed by atoms with E-state index in [1.165, 1.54) is 20.0 Å². The molecular weight excluding hydrogens is 292 g/mol. The minimum absolute atomic E-state index is 0.348. The first kappa shape index (κ1) is 15.3. The van der Waals surface area contributed by atoms with Crippen molar-refractivity contribution in [3.63, 3.8) is 0 Å². The summed E-state index contributed by atoms with van der Waals surface area (Å²) in [7, 11) is 1.37. The van der Waals surface area contributed by atoms with Gasteiger partial charge in [-0.15, -0.1) is 0 Å². The summed E-state index contributed by atoms with van der Waals surface area (Å²) in [4.78, 5) is 22.8. The van der Waals surface area contributed by atoms with E-state index >= 15 is 0 Å². The predicted molar refractivity (Wildman–Crippen MR) is 89.3 cm³/mol. The number of rotatable bonds is 4. The van der Waals surface area contributed by atoms with Gasteiger partial charge in [-0.3, -0.25) is 0 Å². The van der Waals surface area contributed by atoms with Gasteiger partial charge >= 0.3 is 5.97 Å². The molecule has 0 atom stereocenters. The molecule has 0 amide bonds. The monoisotopic (exact) mass is 312 g/mol. The van der Waals surface area contributed by atoms with Gasteiger partial charge in [0.2, 0.25) is 5.95 Å². The summed E-state index contributed by atoms with van der Waals surface area (Å²) in [5, 5.41) is 3.19. The topological polar surface area (TPSA) is 67.3 Å². The van der Waals surface area contributed by atoms with Crippen molar-refractivity contribution >= 4 is 23.4 Å². The Hall–Kier alpha value is -2.63. The highest BCUT2D eigenvalue weighted by Gasteiger charge is 2.15. The van der Waals surface area contributed by atoms with E-state index in [2.05, 4.69) is 20.2 Å². The molecule has 6 nitrogen and oxygen atoms in total. The molecular formula is C17H20N4O2. The zero-order chi connectivity index (χ0) is 16.2. The number of ether oxygens (including phenoxy) is 1. The Morgan fingerprint density at radius 1 is 1.17 bits per heavy atom. The summed E-state index contributed by atoms with van der Waals surface area (Å²) in [6, 6.07) is 9.06. The van der Waals surface area contributed by atoms with Gasteiger partial charge < -0.3 is 15.0 Å². The molecule has 3 rings (SSSR count). The van der Waals surface area contributed by atoms with Crippen LogP contribution in [0.1, 0.15) is 28.9 Å². The summed E-state index contributed by atoms with van der Waals surface area (Å²) in [6.45, 7) is 4.06. The van der Waals surface area contributed by atoms with E-state index in [0.29, 0.717) is 11.5 Å². The molecule has 0 radical (unpaired) electrons. The van der Waals surface area contributed by atoms with Gasteiger partial charge in [-0.1, -0.05) is 0 Å². The Labute approximate surface area is 135 Å². The van der Waals surface area contributed by atoms with Crippen molar-refractivity contribution in [2.24, 2.45) is 0 Å². The van der Waals surface area contributed by atoms with E-state index in [0.717, 1.165) is 30.3 Å². The molecule has 2 heterocycles. The van der Waals surface area contributed by atoms with Gasteiger partial charge in [0.15, 0.2) is 0 Å². The van der Waals surface area contributed by atoms with Crippen molar-refractivity contribution in [2.75, 3.05) is 30.4 Å². The molecule has 1 aromatic heterocycles. The SMILES string of the molecule is COC(=O)c1ccc(Nc2nc(C)cc(N3CCCC3)n2)cc1. The number of aryl methyl sites for hydroxylation is 1. The normalized spacial score (nSPS) is 13.9. The number of nitrogens with zero attached hydrogens (tertiary/aromatic N) is 3. The minimum Gasteiger partial charge on any atom is -0.465 e. The van der Waals surface area contributed by atoms with E-state index in [9.17, 15) is 4.79 Å². The summed E-state index contributed by atoms with van der Waals surface area (Å²) >= 11 is 0. The standard InChI is InChI=1S/C17H20N4O2/c1-12-11-15(21-9-3-4-10-21)20-17(18-12)19-14-7-5-13(6-8-14)16(22)23-2/h5-8,11H,3-4,9-10H2,1-2H3,(H,18,19,20). The van der Waals surface area contributed by atoms with Gasteiger partial charge in [-0.2, -0.15) is 4.98 Å². The van der Waals surface area contributed by atoms with Crippen LogP contribution in [0.2, 0.25) is 0 Å². The molecule has 120 valence electrons. The Kier molecular flexibility index (Phi) is 4.41. The molecule has 1 aromatic carbocycles. The number of hydrogen-bond donors (Lipinski definition) is 1. The number of hydrogen-bond acceptors (Lipinski definition) is 6. The molecule has 1 aliphatic rings. The number of aromatic nitrogens is 2. The van der Waals surface area contributed by atoms with Crippen LogP contribution in [-0.2, 0) is 4.74 Å². The average molecular weight is 312 g/mol. The van der Waals surface area contributed by atoms with Crippen LogP contribution in [0.15, 0.2) is 30.3 Å². The fraction of sp³-hybridized carbons (Fsp3) is 0.353. The number of anilines is 3. The molecule has 1 saturated heterocycles. The highest BCUT2D eigenvalue weighted by molar-refractivity contribution is 5.89. The quantitative estimate of drug-likeness (QED) is 0.876. The molecule has 0 aliphatic carbocycles. The number of nitrogens with one attached hydrogen (secondary N) is 1. The van der Waals surface area contributed by atoms with Crippen molar-refractivity contribution in [2.45, 2.75) is 19.8 Å². The zero-order valence-electron chi connectivity index (χ0n) is 13.4. The van der Waals surface area contributed by atoms with E-state index in [-0.39, 0.29) is 5.97 Å². The fourth-order valence-corrected chi connectivity index (χ4v) is 2.65. The van der Waals surface area contributed by atoms with Crippen LogP contribution < -0.4 is 10.2 Å². The van der Waals surface area contributed by atoms with Crippen LogP contribution in [0, 0.1) is 6.92 Å². The van der Waals surface area contributed by atoms with Crippen molar-refractivity contribution in [1.82, 2.24) is 9.97 Å². The first-order chi connectivity index (χ1) is 11.2. The van der Waals surface area contributed by atoms with Gasteiger partial charge in [0.1, 0.15) is 5.82 Å². The molecule has 2 aromatic rings. The molecule has 0 bridgehead atoms. The number of carbonyl (C=O) groups excluding carboxylic acids is 1. The van der Waals surface area contributed by atoms with Crippen LogP contribution >= 0.6 is 0 Å². The van der Waals surface area contributed by atoms with Gasteiger partial charge in [0, 0.05) is 30.5 Å². The highest BCUT2D eigenvalue weighted by Crippen LogP contribution is 2.22. The maximum Gasteiger partial charge on any atom is 0.337 e. The van der Waals surface area contributed by atoms with Crippen molar-refractivity contribution in [3.8, 4) is 0 Å². The minimum atomic E-state index is -0.348. The van der Waals surface area contributed by atoms with Gasteiger partial charge in [0.05, 0.1) is 12.7 Å². The van der Waals surface area contributed by atoms with Crippen LogP contribution in [0.25, 0.3) is 0 Å². The zero-order valence-corrected chi connectivity index (χ0v) is 13.4. The smallest absolute Gasteiger partial charge is 0.337 e. The lowest BCUT2D eigenvalue weighted by Gasteiger charge is -2.17. The fourth-order valence-electron chi connectivity index (χ4n) is 2.65. The molecule has 6 heteroatoms. The number of carbonyl (C=O) groups is 1. The Morgan fingerprint density at radius 2 is 1.87 bits per heavy atom. The van der Waals surface area contributed by atoms with Crippen molar-refractivity contribution in [3.05, 3.63) is 41.6 Å². The number of esters is 1. The molecule has 1 fully saturated rings. The third kappa shape index (κ3) is 3.59. The lowest BCUT2D eigenvalue weighted by atomic mass is 10.2. The molecule has 1 N–H and O–H groups in total. The molecule has 0 unspecified atom stereocenters. The molecule has 0 saturated carbocycles. The average Bonchev–Trinajstić information content (AvgIpc) is 3.09. The summed E-state index contributed by atoms with van der Waals surface area (Å²) in [5.74, 6) is 1.18. The van der Waals surface area contributed by atoms with Crippen molar-refractivity contribution < 1.29 is 9.53 Å². The second kappa shape index (κ2) is 6.64. The van der Waals surface area contributed by atoms with Gasteiger partial charge in [-0.25, -0.2) is 9.78 Å². The largest absolute Gasteiger partial charge is 0.465 e. The summed E-state index contributed by atoms with van der Waals surface area (Å²) < 4.78 is 4.69. The van der Waals surface area contributed by atoms with Gasteiger partial charge in [0.25, 0.3) is 0 Å². The third-order valence-electron chi connectivity index (χ3n) is 3.83. The van der Waals surface area contributed by atoms with E-state index in [1.54, 1.807) is 12.1 Å². The van der Waals surface area contributed by atoms with E-state index in [4.69, 9.17) is 4.74 Å². The first-order valence-corrected chi connectivity index (χ1v) is 7.72. The summed E-state index contributed by atoms with van der Waals surface area (Å²) in [6.07, 6.45) is 2.42. The van der Waals surface area contributed by atoms with Crippen LogP contribution in [0.4, 0.5) is 17.5 Å². The Bertz CT molecular complexity index is 694. The third-order valence-corrected chi connectivity index (χ3v) is 3.83. The Balaban J connectivity index is 1.78. The van der Waals surface area contributed by atoms with Crippen LogP contribution in [-0.4, -0.2) is 36.1 Å². The van der Waals surface area contributed by atoms with Crippen LogP contribution in [0.5, 0.6) is 0 Å². The van der Waals surface area contributed by atoms with Crippen molar-refractivity contribution in [1.29, 1.82) is 0 Å². The van der Waals surface area contributed by atoms with E-state index in [1.807, 2.05) is 25.1 Å². The second-order valence-electron chi connectivity index (χ2n) is 5.58. The van der Waals surface area contributed by atoms with Gasteiger partial charge in [-0.05, 0) is 44.0 Å². The maximum absolute atomic E-state index is 11.4. The highest BCUT2D eigenvalue weighted by atomic mass is 16.5. The van der Waals surface area contributed by atoms with Crippen LogP contribution in [0.3, 0.4) is 0 Å². The van der Waals surface area contributed by atoms with E-state index < -0.39 is 0 Å². The molecule has 0 spiro atoms. The number of benzene rings is 1. The molecule has 1 aliphatic heterocycles. The lowest BCUT2D eigenvalue weighted by Crippen LogP contribution is -2.19. The molecule has 23 heavy (non-hydrogen) atoms. The second-order valence-corrected chi connectivity index (χ2v) is 5.58. The lowest BCUT2D eigenvalue weighted by molar-refractivity contribution is 0.0601.